The highest BCUT2D eigenvalue weighted by Gasteiger charge is 2.24. The summed E-state index contributed by atoms with van der Waals surface area (Å²) in [4.78, 5) is 19.9. The fourth-order valence-corrected chi connectivity index (χ4v) is 1.45. The van der Waals surface area contributed by atoms with E-state index in [1.165, 1.54) is 0 Å². The van der Waals surface area contributed by atoms with E-state index >= 15 is 0 Å². The third kappa shape index (κ3) is 4.65. The first-order valence-electron chi connectivity index (χ1n) is 6.53. The number of nitrogens with zero attached hydrogens (tertiary/aromatic N) is 2. The van der Waals surface area contributed by atoms with Gasteiger partial charge in [-0.15, -0.1) is 0 Å². The molecule has 0 saturated carbocycles. The SMILES string of the molecule is CCNc1cc(NCC(C)(C)C(N)=O)nc(COC)n1. The molecular weight excluding hydrogens is 258 g/mol. The number of carbonyl (C=O) groups excluding carboxylic acids is 1. The summed E-state index contributed by atoms with van der Waals surface area (Å²) in [6.45, 7) is 7.04. The number of methoxy groups -OCH3 is 1. The minimum Gasteiger partial charge on any atom is -0.377 e. The van der Waals surface area contributed by atoms with E-state index in [1.54, 1.807) is 27.0 Å². The number of ether oxygens (including phenoxy) is 1. The van der Waals surface area contributed by atoms with E-state index in [0.717, 1.165) is 6.54 Å². The Kier molecular flexibility index (Phi) is 5.69. The molecule has 7 nitrogen and oxygen atoms in total. The summed E-state index contributed by atoms with van der Waals surface area (Å²) < 4.78 is 5.04. The lowest BCUT2D eigenvalue weighted by atomic mass is 9.93. The molecule has 0 fully saturated rings. The normalized spacial score (nSPS) is 11.2. The van der Waals surface area contributed by atoms with Gasteiger partial charge in [0.25, 0.3) is 0 Å². The minimum atomic E-state index is -0.648. The fourth-order valence-electron chi connectivity index (χ4n) is 1.45. The van der Waals surface area contributed by atoms with Gasteiger partial charge in [0.2, 0.25) is 5.91 Å². The number of hydrogen-bond acceptors (Lipinski definition) is 6. The molecule has 0 radical (unpaired) electrons. The van der Waals surface area contributed by atoms with Crippen LogP contribution in [0.15, 0.2) is 6.07 Å². The number of rotatable bonds is 8. The first-order chi connectivity index (χ1) is 9.39. The number of anilines is 2. The topological polar surface area (TPSA) is 102 Å². The minimum absolute atomic E-state index is 0.327. The van der Waals surface area contributed by atoms with Crippen molar-refractivity contribution in [2.75, 3.05) is 30.8 Å². The Morgan fingerprint density at radius 1 is 1.35 bits per heavy atom. The van der Waals surface area contributed by atoms with E-state index in [-0.39, 0.29) is 5.91 Å². The van der Waals surface area contributed by atoms with Gasteiger partial charge >= 0.3 is 0 Å². The molecule has 0 atom stereocenters. The summed E-state index contributed by atoms with van der Waals surface area (Å²) in [6, 6.07) is 1.79. The van der Waals surface area contributed by atoms with Crippen molar-refractivity contribution >= 4 is 17.5 Å². The highest BCUT2D eigenvalue weighted by molar-refractivity contribution is 5.80. The van der Waals surface area contributed by atoms with Gasteiger partial charge in [-0.1, -0.05) is 0 Å². The van der Waals surface area contributed by atoms with E-state index in [2.05, 4.69) is 20.6 Å². The van der Waals surface area contributed by atoms with Gasteiger partial charge in [0.1, 0.15) is 18.2 Å². The summed E-state index contributed by atoms with van der Waals surface area (Å²) in [7, 11) is 1.59. The second-order valence-electron chi connectivity index (χ2n) is 5.12. The van der Waals surface area contributed by atoms with Crippen LogP contribution >= 0.6 is 0 Å². The van der Waals surface area contributed by atoms with Crippen LogP contribution in [0.1, 0.15) is 26.6 Å². The third-order valence-corrected chi connectivity index (χ3v) is 2.78. The van der Waals surface area contributed by atoms with Crippen molar-refractivity contribution in [3.63, 3.8) is 0 Å². The van der Waals surface area contributed by atoms with Crippen LogP contribution in [0.3, 0.4) is 0 Å². The van der Waals surface area contributed by atoms with Gasteiger partial charge in [-0.2, -0.15) is 0 Å². The lowest BCUT2D eigenvalue weighted by Gasteiger charge is -2.21. The summed E-state index contributed by atoms with van der Waals surface area (Å²) in [5, 5.41) is 6.24. The Hall–Kier alpha value is -1.89. The van der Waals surface area contributed by atoms with Crippen molar-refractivity contribution in [1.82, 2.24) is 9.97 Å². The van der Waals surface area contributed by atoms with E-state index < -0.39 is 5.41 Å². The average molecular weight is 281 g/mol. The second kappa shape index (κ2) is 7.04. The smallest absolute Gasteiger partial charge is 0.224 e. The summed E-state index contributed by atoms with van der Waals surface area (Å²) in [5.41, 5.74) is 4.70. The van der Waals surface area contributed by atoms with E-state index in [1.807, 2.05) is 6.92 Å². The van der Waals surface area contributed by atoms with Crippen LogP contribution in [-0.2, 0) is 16.1 Å². The molecule has 20 heavy (non-hydrogen) atoms. The number of nitrogens with one attached hydrogen (secondary N) is 2. The van der Waals surface area contributed by atoms with Crippen LogP contribution in [0.4, 0.5) is 11.6 Å². The molecule has 1 aromatic heterocycles. The molecule has 0 aromatic carbocycles. The Morgan fingerprint density at radius 2 is 1.95 bits per heavy atom. The van der Waals surface area contributed by atoms with Crippen molar-refractivity contribution in [1.29, 1.82) is 0 Å². The van der Waals surface area contributed by atoms with Crippen LogP contribution in [0.2, 0.25) is 0 Å². The second-order valence-corrected chi connectivity index (χ2v) is 5.12. The van der Waals surface area contributed by atoms with Gasteiger partial charge in [-0.25, -0.2) is 9.97 Å². The molecule has 112 valence electrons. The zero-order valence-corrected chi connectivity index (χ0v) is 12.5. The molecule has 0 bridgehead atoms. The molecule has 0 aliphatic rings. The Bertz CT molecular complexity index is 438. The lowest BCUT2D eigenvalue weighted by molar-refractivity contribution is -0.125. The van der Waals surface area contributed by atoms with Crippen molar-refractivity contribution in [3.05, 3.63) is 11.9 Å². The standard InChI is InChI=1S/C13H23N5O2/c1-5-15-9-6-10(18-11(17-9)7-20-4)16-8-13(2,3)12(14)19/h6H,5,7-8H2,1-4H3,(H2,14,19)(H2,15,16,17,18). The average Bonchev–Trinajstić information content (AvgIpc) is 2.37. The highest BCUT2D eigenvalue weighted by Crippen LogP contribution is 2.17. The Balaban J connectivity index is 2.85. The summed E-state index contributed by atoms with van der Waals surface area (Å²) in [6.07, 6.45) is 0. The van der Waals surface area contributed by atoms with Crippen molar-refractivity contribution < 1.29 is 9.53 Å². The zero-order chi connectivity index (χ0) is 15.2. The first-order valence-corrected chi connectivity index (χ1v) is 6.53. The molecule has 0 unspecified atom stereocenters. The van der Waals surface area contributed by atoms with Crippen molar-refractivity contribution in [2.24, 2.45) is 11.1 Å². The predicted molar refractivity (Wildman–Crippen MR) is 78.4 cm³/mol. The predicted octanol–water partition coefficient (Wildman–Crippen LogP) is 0.978. The van der Waals surface area contributed by atoms with Crippen LogP contribution in [0.5, 0.6) is 0 Å². The van der Waals surface area contributed by atoms with Crippen LogP contribution in [0.25, 0.3) is 0 Å². The molecule has 4 N–H and O–H groups in total. The highest BCUT2D eigenvalue weighted by atomic mass is 16.5. The van der Waals surface area contributed by atoms with Crippen LogP contribution < -0.4 is 16.4 Å². The Labute approximate surface area is 119 Å². The van der Waals surface area contributed by atoms with Gasteiger partial charge in [0.15, 0.2) is 5.82 Å². The molecule has 0 aliphatic heterocycles. The van der Waals surface area contributed by atoms with Gasteiger partial charge in [-0.05, 0) is 20.8 Å². The van der Waals surface area contributed by atoms with Gasteiger partial charge in [0, 0.05) is 26.3 Å². The number of amides is 1. The molecular formula is C13H23N5O2. The number of hydrogen-bond donors (Lipinski definition) is 3. The number of primary amides is 1. The first kappa shape index (κ1) is 16.2. The third-order valence-electron chi connectivity index (χ3n) is 2.78. The number of aromatic nitrogens is 2. The monoisotopic (exact) mass is 281 g/mol. The molecule has 1 amide bonds. The fraction of sp³-hybridized carbons (Fsp3) is 0.615. The molecule has 1 heterocycles. The lowest BCUT2D eigenvalue weighted by Crippen LogP contribution is -2.37. The molecule has 0 spiro atoms. The van der Waals surface area contributed by atoms with Crippen LogP contribution in [0, 0.1) is 5.41 Å². The zero-order valence-electron chi connectivity index (χ0n) is 12.5. The Morgan fingerprint density at radius 3 is 2.45 bits per heavy atom. The van der Waals surface area contributed by atoms with E-state index in [9.17, 15) is 4.79 Å². The van der Waals surface area contributed by atoms with Crippen LogP contribution in [-0.4, -0.2) is 36.1 Å². The molecule has 1 rings (SSSR count). The molecule has 0 saturated heterocycles. The largest absolute Gasteiger partial charge is 0.377 e. The van der Waals surface area contributed by atoms with E-state index in [0.29, 0.717) is 30.6 Å². The maximum absolute atomic E-state index is 11.3. The molecule has 1 aromatic rings. The maximum atomic E-state index is 11.3. The van der Waals surface area contributed by atoms with Gasteiger partial charge in [-0.3, -0.25) is 4.79 Å². The summed E-state index contributed by atoms with van der Waals surface area (Å²) >= 11 is 0. The number of carbonyl (C=O) groups is 1. The van der Waals surface area contributed by atoms with Crippen molar-refractivity contribution in [3.8, 4) is 0 Å². The van der Waals surface area contributed by atoms with Crippen molar-refractivity contribution in [2.45, 2.75) is 27.4 Å². The molecule has 7 heteroatoms. The molecule has 0 aliphatic carbocycles. The quantitative estimate of drug-likeness (QED) is 0.656. The van der Waals surface area contributed by atoms with Gasteiger partial charge < -0.3 is 21.1 Å². The maximum Gasteiger partial charge on any atom is 0.224 e. The summed E-state index contributed by atoms with van der Waals surface area (Å²) in [5.74, 6) is 1.57. The number of nitrogens with two attached hydrogens (primary N) is 1. The van der Waals surface area contributed by atoms with E-state index in [4.69, 9.17) is 10.5 Å². The van der Waals surface area contributed by atoms with Gasteiger partial charge in [0.05, 0.1) is 5.41 Å².